The van der Waals surface area contributed by atoms with Crippen LogP contribution in [0.3, 0.4) is 0 Å². The number of sulfone groups is 1. The molecule has 0 radical (unpaired) electrons. The van der Waals surface area contributed by atoms with E-state index in [1.54, 1.807) is 0 Å². The normalized spacial score (nSPS) is 16.7. The average molecular weight is 535 g/mol. The van der Waals surface area contributed by atoms with Crippen molar-refractivity contribution in [2.24, 2.45) is 11.1 Å². The standard InChI is InChI=1S/C23H21F3N6O4S/c1-2-37(34,35)18-7-14(16(9-27)30-36-12-13-3-4-13)10-28-21(18)17-11-31-20(29-17)8-19(23(24,25)26)32(22(31)33)15-5-6-15/h7-8,10-11,13,15H,2-6,12H2,1H3/b30-16+. The summed E-state index contributed by atoms with van der Waals surface area (Å²) in [6, 6.07) is 3.28. The fourth-order valence-corrected chi connectivity index (χ4v) is 4.94. The zero-order valence-corrected chi connectivity index (χ0v) is 20.4. The molecule has 3 aromatic heterocycles. The number of nitrogens with zero attached hydrogens (tertiary/aromatic N) is 6. The van der Waals surface area contributed by atoms with Crippen molar-refractivity contribution in [3.63, 3.8) is 0 Å². The van der Waals surface area contributed by atoms with Crippen molar-refractivity contribution in [2.75, 3.05) is 12.4 Å². The summed E-state index contributed by atoms with van der Waals surface area (Å²) in [5, 5.41) is 13.3. The van der Waals surface area contributed by atoms with Gasteiger partial charge in [-0.25, -0.2) is 18.2 Å². The van der Waals surface area contributed by atoms with Gasteiger partial charge in [-0.1, -0.05) is 12.1 Å². The van der Waals surface area contributed by atoms with Gasteiger partial charge in [0.25, 0.3) is 0 Å². The van der Waals surface area contributed by atoms with Gasteiger partial charge >= 0.3 is 11.9 Å². The second-order valence-electron chi connectivity index (χ2n) is 9.03. The van der Waals surface area contributed by atoms with Crippen LogP contribution in [0.2, 0.25) is 0 Å². The number of alkyl halides is 3. The fourth-order valence-electron chi connectivity index (χ4n) is 3.87. The molecule has 14 heteroatoms. The topological polar surface area (TPSA) is 132 Å². The van der Waals surface area contributed by atoms with Gasteiger partial charge in [-0.15, -0.1) is 0 Å². The Morgan fingerprint density at radius 1 is 1.27 bits per heavy atom. The van der Waals surface area contributed by atoms with Crippen LogP contribution in [0.15, 0.2) is 39.4 Å². The van der Waals surface area contributed by atoms with Crippen LogP contribution in [0.5, 0.6) is 0 Å². The summed E-state index contributed by atoms with van der Waals surface area (Å²) in [7, 11) is -3.94. The third-order valence-electron chi connectivity index (χ3n) is 6.23. The summed E-state index contributed by atoms with van der Waals surface area (Å²) in [6.45, 7) is 1.76. The minimum absolute atomic E-state index is 0.0910. The maximum absolute atomic E-state index is 13.7. The summed E-state index contributed by atoms with van der Waals surface area (Å²) in [5.74, 6) is 0.0697. The van der Waals surface area contributed by atoms with E-state index in [0.29, 0.717) is 29.9 Å². The van der Waals surface area contributed by atoms with Crippen molar-refractivity contribution in [1.29, 1.82) is 5.26 Å². The van der Waals surface area contributed by atoms with E-state index in [2.05, 4.69) is 15.1 Å². The van der Waals surface area contributed by atoms with Gasteiger partial charge in [-0.05, 0) is 37.7 Å². The molecule has 0 atom stereocenters. The number of hydrogen-bond donors (Lipinski definition) is 0. The summed E-state index contributed by atoms with van der Waals surface area (Å²) in [6.07, 6.45) is 0.534. The first kappa shape index (κ1) is 24.9. The van der Waals surface area contributed by atoms with Crippen LogP contribution >= 0.6 is 0 Å². The maximum atomic E-state index is 13.7. The lowest BCUT2D eigenvalue weighted by molar-refractivity contribution is -0.144. The van der Waals surface area contributed by atoms with E-state index in [0.717, 1.165) is 23.3 Å². The number of rotatable bonds is 8. The molecular weight excluding hydrogens is 513 g/mol. The number of aromatic nitrogens is 4. The van der Waals surface area contributed by atoms with E-state index in [1.165, 1.54) is 25.4 Å². The lowest BCUT2D eigenvalue weighted by Gasteiger charge is -2.14. The summed E-state index contributed by atoms with van der Waals surface area (Å²) < 4.78 is 68.6. The van der Waals surface area contributed by atoms with Gasteiger partial charge in [0.2, 0.25) is 0 Å². The fraction of sp³-hybridized carbons (Fsp3) is 0.435. The molecule has 0 amide bonds. The van der Waals surface area contributed by atoms with Crippen LogP contribution in [-0.4, -0.2) is 45.4 Å². The summed E-state index contributed by atoms with van der Waals surface area (Å²) in [4.78, 5) is 26.2. The number of imidazole rings is 1. The first-order valence-electron chi connectivity index (χ1n) is 11.6. The molecule has 194 valence electrons. The van der Waals surface area contributed by atoms with Gasteiger partial charge in [0.1, 0.15) is 35.4 Å². The molecule has 10 nitrogen and oxygen atoms in total. The first-order chi connectivity index (χ1) is 17.5. The monoisotopic (exact) mass is 534 g/mol. The summed E-state index contributed by atoms with van der Waals surface area (Å²) in [5.41, 5.74) is -2.67. The Kier molecular flexibility index (Phi) is 6.06. The number of nitriles is 1. The summed E-state index contributed by atoms with van der Waals surface area (Å²) >= 11 is 0. The molecule has 2 saturated carbocycles. The third kappa shape index (κ3) is 4.83. The average Bonchev–Trinajstić information content (AvgIpc) is 3.79. The number of fused-ring (bicyclic) bond motifs is 1. The first-order valence-corrected chi connectivity index (χ1v) is 13.2. The molecule has 3 aromatic rings. The van der Waals surface area contributed by atoms with Gasteiger partial charge < -0.3 is 4.84 Å². The number of hydrogen-bond acceptors (Lipinski definition) is 8. The molecule has 0 aromatic carbocycles. The van der Waals surface area contributed by atoms with E-state index in [4.69, 9.17) is 4.84 Å². The zero-order valence-electron chi connectivity index (χ0n) is 19.6. The molecule has 0 saturated heterocycles. The maximum Gasteiger partial charge on any atom is 0.431 e. The largest absolute Gasteiger partial charge is 0.431 e. The van der Waals surface area contributed by atoms with Crippen molar-refractivity contribution in [3.05, 3.63) is 46.3 Å². The van der Waals surface area contributed by atoms with E-state index in [-0.39, 0.29) is 39.0 Å². The SMILES string of the molecule is CCS(=O)(=O)c1cc(/C(C#N)=N/OCC2CC2)cnc1-c1cn2c(=O)n(C3CC3)c(C(F)(F)F)cc2n1. The van der Waals surface area contributed by atoms with Gasteiger partial charge in [0, 0.05) is 30.1 Å². The molecule has 0 spiro atoms. The minimum atomic E-state index is -4.78. The van der Waals surface area contributed by atoms with Gasteiger partial charge in [0.05, 0.1) is 10.6 Å². The highest BCUT2D eigenvalue weighted by Gasteiger charge is 2.40. The minimum Gasteiger partial charge on any atom is -0.394 e. The van der Waals surface area contributed by atoms with Gasteiger partial charge in [-0.2, -0.15) is 18.4 Å². The molecule has 0 bridgehead atoms. The van der Waals surface area contributed by atoms with Crippen LogP contribution in [0.25, 0.3) is 17.0 Å². The Labute approximate surface area is 208 Å². The Morgan fingerprint density at radius 3 is 2.59 bits per heavy atom. The van der Waals surface area contributed by atoms with Gasteiger partial charge in [-0.3, -0.25) is 14.0 Å². The van der Waals surface area contributed by atoms with Crippen molar-refractivity contribution in [3.8, 4) is 17.5 Å². The smallest absolute Gasteiger partial charge is 0.394 e. The quantitative estimate of drug-likeness (QED) is 0.320. The molecule has 2 fully saturated rings. The van der Waals surface area contributed by atoms with Crippen molar-refractivity contribution >= 4 is 21.2 Å². The predicted molar refractivity (Wildman–Crippen MR) is 125 cm³/mol. The van der Waals surface area contributed by atoms with E-state index in [1.807, 2.05) is 6.07 Å². The highest BCUT2D eigenvalue weighted by Crippen LogP contribution is 2.39. The molecule has 37 heavy (non-hydrogen) atoms. The predicted octanol–water partition coefficient (Wildman–Crippen LogP) is 3.36. The third-order valence-corrected chi connectivity index (χ3v) is 7.97. The van der Waals surface area contributed by atoms with Crippen LogP contribution in [0, 0.1) is 17.2 Å². The highest BCUT2D eigenvalue weighted by molar-refractivity contribution is 7.91. The molecule has 0 N–H and O–H groups in total. The number of halogens is 3. The van der Waals surface area contributed by atoms with E-state index >= 15 is 0 Å². The van der Waals surface area contributed by atoms with Gasteiger partial charge in [0.15, 0.2) is 15.5 Å². The highest BCUT2D eigenvalue weighted by atomic mass is 32.2. The van der Waals surface area contributed by atoms with Crippen LogP contribution < -0.4 is 5.69 Å². The molecule has 0 aliphatic heterocycles. The lowest BCUT2D eigenvalue weighted by atomic mass is 10.1. The van der Waals surface area contributed by atoms with Crippen LogP contribution in [-0.2, 0) is 20.9 Å². The Morgan fingerprint density at radius 2 is 2.00 bits per heavy atom. The Bertz CT molecular complexity index is 1630. The van der Waals surface area contributed by atoms with Crippen LogP contribution in [0.1, 0.15) is 49.9 Å². The van der Waals surface area contributed by atoms with E-state index < -0.39 is 33.4 Å². The van der Waals surface area contributed by atoms with Crippen LogP contribution in [0.4, 0.5) is 13.2 Å². The van der Waals surface area contributed by atoms with Crippen molar-refractivity contribution < 1.29 is 26.4 Å². The number of oxime groups is 1. The molecule has 0 unspecified atom stereocenters. The molecule has 2 aliphatic rings. The van der Waals surface area contributed by atoms with Crippen molar-refractivity contribution in [1.82, 2.24) is 18.9 Å². The van der Waals surface area contributed by atoms with E-state index in [9.17, 15) is 31.6 Å². The molecule has 3 heterocycles. The Hall–Kier alpha value is -3.73. The Balaban J connectivity index is 1.64. The molecule has 5 rings (SSSR count). The van der Waals surface area contributed by atoms with Crippen molar-refractivity contribution in [2.45, 2.75) is 49.7 Å². The number of pyridine rings is 1. The molecule has 2 aliphatic carbocycles. The second kappa shape index (κ2) is 8.98. The zero-order chi connectivity index (χ0) is 26.5. The molecular formula is C23H21F3N6O4S. The lowest BCUT2D eigenvalue weighted by Crippen LogP contribution is -2.31. The second-order valence-corrected chi connectivity index (χ2v) is 11.3.